The van der Waals surface area contributed by atoms with Gasteiger partial charge in [0.15, 0.2) is 0 Å². The van der Waals surface area contributed by atoms with Gasteiger partial charge >= 0.3 is 0 Å². The predicted molar refractivity (Wildman–Crippen MR) is 115 cm³/mol. The van der Waals surface area contributed by atoms with Gasteiger partial charge in [0.2, 0.25) is 0 Å². The van der Waals surface area contributed by atoms with E-state index >= 15 is 0 Å². The van der Waals surface area contributed by atoms with Crippen molar-refractivity contribution in [3.63, 3.8) is 0 Å². The SMILES string of the molecule is O=C(NCc1ccc(Cl)cc1)c1cnc2c(F)cc(CCCCS(=O)(=O)O)cc2c1O. The maximum atomic E-state index is 14.4. The minimum absolute atomic E-state index is 0.0755. The highest BCUT2D eigenvalue weighted by atomic mass is 35.5. The molecule has 1 aromatic heterocycles. The highest BCUT2D eigenvalue weighted by Crippen LogP contribution is 2.30. The molecule has 0 saturated heterocycles. The van der Waals surface area contributed by atoms with Crippen LogP contribution < -0.4 is 5.32 Å². The molecular weight excluding hydrogens is 447 g/mol. The Hall–Kier alpha value is -2.75. The number of rotatable bonds is 8. The Labute approximate surface area is 183 Å². The number of nitrogens with one attached hydrogen (secondary N) is 1. The maximum absolute atomic E-state index is 14.4. The number of benzene rings is 2. The first-order valence-electron chi connectivity index (χ1n) is 9.42. The first-order valence-corrected chi connectivity index (χ1v) is 11.4. The van der Waals surface area contributed by atoms with E-state index in [1.165, 1.54) is 12.1 Å². The third-order valence-electron chi connectivity index (χ3n) is 4.68. The minimum atomic E-state index is -4.05. The summed E-state index contributed by atoms with van der Waals surface area (Å²) in [5.74, 6) is -2.00. The van der Waals surface area contributed by atoms with Gasteiger partial charge in [-0.3, -0.25) is 14.3 Å². The number of hydrogen-bond acceptors (Lipinski definition) is 5. The van der Waals surface area contributed by atoms with E-state index in [0.29, 0.717) is 23.4 Å². The molecule has 0 bridgehead atoms. The fourth-order valence-electron chi connectivity index (χ4n) is 3.11. The van der Waals surface area contributed by atoms with Crippen molar-refractivity contribution < 1.29 is 27.3 Å². The Balaban J connectivity index is 1.77. The number of unbranched alkanes of at least 4 members (excludes halogenated alkanes) is 1. The number of aromatic nitrogens is 1. The molecule has 3 N–H and O–H groups in total. The summed E-state index contributed by atoms with van der Waals surface area (Å²) in [6.07, 6.45) is 2.04. The highest BCUT2D eigenvalue weighted by Gasteiger charge is 2.17. The zero-order valence-electron chi connectivity index (χ0n) is 16.3. The summed E-state index contributed by atoms with van der Waals surface area (Å²) in [7, 11) is -4.05. The molecular formula is C21H20ClFN2O5S. The van der Waals surface area contributed by atoms with E-state index in [4.69, 9.17) is 16.2 Å². The molecule has 3 rings (SSSR count). The minimum Gasteiger partial charge on any atom is -0.506 e. The normalized spacial score (nSPS) is 11.6. The monoisotopic (exact) mass is 466 g/mol. The van der Waals surface area contributed by atoms with Crippen LogP contribution in [0.2, 0.25) is 5.02 Å². The first-order chi connectivity index (χ1) is 14.6. The number of nitrogens with zero attached hydrogens (tertiary/aromatic N) is 1. The van der Waals surface area contributed by atoms with Crippen LogP contribution in [0.1, 0.15) is 34.3 Å². The number of hydrogen-bond donors (Lipinski definition) is 3. The molecule has 1 heterocycles. The number of pyridine rings is 1. The molecule has 10 heteroatoms. The van der Waals surface area contributed by atoms with Crippen molar-refractivity contribution in [1.29, 1.82) is 0 Å². The summed E-state index contributed by atoms with van der Waals surface area (Å²) in [5.41, 5.74) is 1.15. The Morgan fingerprint density at radius 3 is 2.52 bits per heavy atom. The second kappa shape index (κ2) is 9.59. The number of carbonyl (C=O) groups excluding carboxylic acids is 1. The number of aryl methyl sites for hydroxylation is 1. The average Bonchev–Trinajstić information content (AvgIpc) is 2.71. The van der Waals surface area contributed by atoms with Crippen LogP contribution >= 0.6 is 11.6 Å². The van der Waals surface area contributed by atoms with Gasteiger partial charge in [-0.2, -0.15) is 8.42 Å². The molecule has 1 amide bonds. The van der Waals surface area contributed by atoms with Crippen LogP contribution in [0.5, 0.6) is 5.75 Å². The molecule has 0 atom stereocenters. The molecule has 164 valence electrons. The number of fused-ring (bicyclic) bond motifs is 1. The Bertz CT molecular complexity index is 1220. The van der Waals surface area contributed by atoms with Crippen molar-refractivity contribution in [3.05, 3.63) is 70.1 Å². The van der Waals surface area contributed by atoms with Crippen molar-refractivity contribution in [2.45, 2.75) is 25.8 Å². The summed E-state index contributed by atoms with van der Waals surface area (Å²) >= 11 is 5.83. The van der Waals surface area contributed by atoms with Gasteiger partial charge in [0.25, 0.3) is 16.0 Å². The molecule has 2 aromatic carbocycles. The maximum Gasteiger partial charge on any atom is 0.264 e. The molecule has 0 unspecified atom stereocenters. The average molecular weight is 467 g/mol. The topological polar surface area (TPSA) is 117 Å². The van der Waals surface area contributed by atoms with Gasteiger partial charge in [0.05, 0.1) is 5.75 Å². The van der Waals surface area contributed by atoms with Crippen molar-refractivity contribution in [2.75, 3.05) is 5.75 Å². The summed E-state index contributed by atoms with van der Waals surface area (Å²) in [4.78, 5) is 16.5. The van der Waals surface area contributed by atoms with Gasteiger partial charge in [-0.25, -0.2) is 4.39 Å². The van der Waals surface area contributed by atoms with Gasteiger partial charge in [-0.1, -0.05) is 23.7 Å². The fraction of sp³-hybridized carbons (Fsp3) is 0.238. The lowest BCUT2D eigenvalue weighted by atomic mass is 10.0. The number of aromatic hydroxyl groups is 1. The summed E-state index contributed by atoms with van der Waals surface area (Å²) in [5, 5.41) is 13.9. The van der Waals surface area contributed by atoms with Crippen molar-refractivity contribution in [2.24, 2.45) is 0 Å². The largest absolute Gasteiger partial charge is 0.506 e. The summed E-state index contributed by atoms with van der Waals surface area (Å²) in [6, 6.07) is 9.67. The van der Waals surface area contributed by atoms with Crippen LogP contribution in [0.15, 0.2) is 42.6 Å². The van der Waals surface area contributed by atoms with E-state index in [1.54, 1.807) is 24.3 Å². The van der Waals surface area contributed by atoms with E-state index in [0.717, 1.165) is 11.8 Å². The molecule has 0 fully saturated rings. The number of halogens is 2. The van der Waals surface area contributed by atoms with Gasteiger partial charge in [-0.15, -0.1) is 0 Å². The lowest BCUT2D eigenvalue weighted by Crippen LogP contribution is -2.23. The Morgan fingerprint density at radius 2 is 1.84 bits per heavy atom. The first kappa shape index (κ1) is 22.9. The molecule has 0 aliphatic heterocycles. The second-order valence-corrected chi connectivity index (χ2v) is 9.06. The molecule has 0 aliphatic carbocycles. The second-order valence-electron chi connectivity index (χ2n) is 7.05. The quantitative estimate of drug-likeness (QED) is 0.342. The zero-order chi connectivity index (χ0) is 22.6. The molecule has 0 radical (unpaired) electrons. The summed E-state index contributed by atoms with van der Waals surface area (Å²) in [6.45, 7) is 0.204. The lowest BCUT2D eigenvalue weighted by molar-refractivity contribution is 0.0948. The molecule has 7 nitrogen and oxygen atoms in total. The summed E-state index contributed by atoms with van der Waals surface area (Å²) < 4.78 is 44.8. The van der Waals surface area contributed by atoms with E-state index < -0.39 is 27.6 Å². The standard InChI is InChI=1S/C21H20ClFN2O5S/c22-15-6-4-13(5-7-15)11-25-21(27)17-12-24-19-16(20(17)26)9-14(10-18(19)23)3-1-2-8-31(28,29)30/h4-7,9-10,12H,1-3,8,11H2,(H,24,26)(H,25,27)(H,28,29,30). The van der Waals surface area contributed by atoms with Crippen LogP contribution in [0.4, 0.5) is 4.39 Å². The third kappa shape index (κ3) is 6.13. The van der Waals surface area contributed by atoms with E-state index in [-0.39, 0.29) is 35.2 Å². The zero-order valence-corrected chi connectivity index (χ0v) is 17.9. The van der Waals surface area contributed by atoms with E-state index in [2.05, 4.69) is 10.3 Å². The molecule has 0 saturated carbocycles. The highest BCUT2D eigenvalue weighted by molar-refractivity contribution is 7.85. The smallest absolute Gasteiger partial charge is 0.264 e. The third-order valence-corrected chi connectivity index (χ3v) is 5.74. The number of amides is 1. The number of carbonyl (C=O) groups is 1. The Morgan fingerprint density at radius 1 is 1.13 bits per heavy atom. The van der Waals surface area contributed by atoms with Gasteiger partial charge < -0.3 is 10.4 Å². The van der Waals surface area contributed by atoms with Gasteiger partial charge in [0, 0.05) is 23.2 Å². The lowest BCUT2D eigenvalue weighted by Gasteiger charge is -2.11. The molecule has 0 spiro atoms. The predicted octanol–water partition coefficient (Wildman–Crippen LogP) is 3.87. The van der Waals surface area contributed by atoms with Crippen LogP contribution in [0.3, 0.4) is 0 Å². The van der Waals surface area contributed by atoms with Crippen LogP contribution in [-0.4, -0.2) is 34.7 Å². The van der Waals surface area contributed by atoms with Gasteiger partial charge in [0.1, 0.15) is 22.6 Å². The fourth-order valence-corrected chi connectivity index (χ4v) is 3.80. The molecule has 3 aromatic rings. The van der Waals surface area contributed by atoms with E-state index in [1.807, 2.05) is 0 Å². The van der Waals surface area contributed by atoms with Crippen molar-refractivity contribution >= 4 is 38.5 Å². The Kier molecular flexibility index (Phi) is 7.09. The molecule has 31 heavy (non-hydrogen) atoms. The van der Waals surface area contributed by atoms with Crippen LogP contribution in [0, 0.1) is 5.82 Å². The van der Waals surface area contributed by atoms with Crippen LogP contribution in [0.25, 0.3) is 10.9 Å². The molecule has 0 aliphatic rings. The van der Waals surface area contributed by atoms with Crippen molar-refractivity contribution in [1.82, 2.24) is 10.3 Å². The van der Waals surface area contributed by atoms with Crippen molar-refractivity contribution in [3.8, 4) is 5.75 Å². The van der Waals surface area contributed by atoms with Gasteiger partial charge in [-0.05, 0) is 54.7 Å². The van der Waals surface area contributed by atoms with E-state index in [9.17, 15) is 22.7 Å². The van der Waals surface area contributed by atoms with Crippen LogP contribution in [-0.2, 0) is 23.1 Å².